The predicted octanol–water partition coefficient (Wildman–Crippen LogP) is 4.74. The molecule has 0 atom stereocenters. The minimum absolute atomic E-state index is 0.251. The number of aliphatic hydroxyl groups is 1. The molecule has 4 nitrogen and oxygen atoms in total. The van der Waals surface area contributed by atoms with Crippen molar-refractivity contribution in [2.45, 2.75) is 25.9 Å². The summed E-state index contributed by atoms with van der Waals surface area (Å²) in [6.07, 6.45) is 8.24. The van der Waals surface area contributed by atoms with E-state index in [-0.39, 0.29) is 6.61 Å². The van der Waals surface area contributed by atoms with Crippen LogP contribution in [0.25, 0.3) is 12.2 Å². The van der Waals surface area contributed by atoms with Gasteiger partial charge in [0.2, 0.25) is 5.89 Å². The summed E-state index contributed by atoms with van der Waals surface area (Å²) in [5.41, 5.74) is 3.10. The summed E-state index contributed by atoms with van der Waals surface area (Å²) in [5.74, 6) is 1.37. The Hall–Kier alpha value is -2.85. The zero-order chi connectivity index (χ0) is 18.0. The van der Waals surface area contributed by atoms with Gasteiger partial charge in [0.25, 0.3) is 0 Å². The van der Waals surface area contributed by atoms with E-state index in [1.807, 2.05) is 54.6 Å². The van der Waals surface area contributed by atoms with Gasteiger partial charge in [0.15, 0.2) is 0 Å². The van der Waals surface area contributed by atoms with Crippen LogP contribution in [0, 0.1) is 0 Å². The lowest BCUT2D eigenvalue weighted by Gasteiger charge is -2.05. The minimum Gasteiger partial charge on any atom is -0.487 e. The maximum Gasteiger partial charge on any atom is 0.218 e. The molecule has 0 unspecified atom stereocenters. The van der Waals surface area contributed by atoms with Crippen molar-refractivity contribution < 1.29 is 14.3 Å². The average Bonchev–Trinajstić information content (AvgIpc) is 3.15. The van der Waals surface area contributed by atoms with Crippen LogP contribution < -0.4 is 4.74 Å². The molecule has 4 heteroatoms. The fourth-order valence-corrected chi connectivity index (χ4v) is 2.55. The highest BCUT2D eigenvalue weighted by atomic mass is 16.5. The van der Waals surface area contributed by atoms with E-state index in [0.29, 0.717) is 12.5 Å². The molecule has 1 N–H and O–H groups in total. The van der Waals surface area contributed by atoms with Gasteiger partial charge in [-0.15, -0.1) is 0 Å². The minimum atomic E-state index is 0.251. The first kappa shape index (κ1) is 18.0. The monoisotopic (exact) mass is 349 g/mol. The normalized spacial score (nSPS) is 11.1. The first-order valence-electron chi connectivity index (χ1n) is 8.83. The van der Waals surface area contributed by atoms with Gasteiger partial charge in [-0.1, -0.05) is 42.5 Å². The number of hydrogen-bond donors (Lipinski definition) is 1. The van der Waals surface area contributed by atoms with Crippen LogP contribution in [-0.2, 0) is 13.0 Å². The Morgan fingerprint density at radius 3 is 2.54 bits per heavy atom. The van der Waals surface area contributed by atoms with Gasteiger partial charge in [-0.2, -0.15) is 0 Å². The highest BCUT2D eigenvalue weighted by Crippen LogP contribution is 2.16. The molecular formula is C22H23NO3. The number of unbranched alkanes of at least 4 members (excludes halogenated alkanes) is 1. The molecule has 134 valence electrons. The van der Waals surface area contributed by atoms with Crippen molar-refractivity contribution in [1.29, 1.82) is 0 Å². The third-order valence-corrected chi connectivity index (χ3v) is 3.97. The van der Waals surface area contributed by atoms with Crippen LogP contribution in [-0.4, -0.2) is 16.7 Å². The summed E-state index contributed by atoms with van der Waals surface area (Å²) < 4.78 is 11.2. The van der Waals surface area contributed by atoms with Gasteiger partial charge < -0.3 is 14.3 Å². The van der Waals surface area contributed by atoms with E-state index in [1.165, 1.54) is 5.56 Å². The maximum atomic E-state index is 8.82. The molecular weight excluding hydrogens is 326 g/mol. The van der Waals surface area contributed by atoms with Gasteiger partial charge in [0.1, 0.15) is 24.3 Å². The maximum absolute atomic E-state index is 8.82. The summed E-state index contributed by atoms with van der Waals surface area (Å²) in [7, 11) is 0. The third kappa shape index (κ3) is 5.60. The highest BCUT2D eigenvalue weighted by Gasteiger charge is 2.03. The number of aromatic nitrogens is 1. The van der Waals surface area contributed by atoms with E-state index in [9.17, 15) is 0 Å². The lowest BCUT2D eigenvalue weighted by Crippen LogP contribution is -1.96. The van der Waals surface area contributed by atoms with Crippen LogP contribution in [0.1, 0.15) is 35.6 Å². The van der Waals surface area contributed by atoms with E-state index in [0.717, 1.165) is 36.3 Å². The Kier molecular flexibility index (Phi) is 6.62. The molecule has 0 radical (unpaired) electrons. The topological polar surface area (TPSA) is 55.5 Å². The third-order valence-electron chi connectivity index (χ3n) is 3.97. The molecule has 1 aromatic heterocycles. The highest BCUT2D eigenvalue weighted by molar-refractivity contribution is 5.65. The van der Waals surface area contributed by atoms with Crippen molar-refractivity contribution in [3.8, 4) is 5.75 Å². The first-order valence-corrected chi connectivity index (χ1v) is 8.83. The van der Waals surface area contributed by atoms with E-state index < -0.39 is 0 Å². The summed E-state index contributed by atoms with van der Waals surface area (Å²) in [6.45, 7) is 0.619. The summed E-state index contributed by atoms with van der Waals surface area (Å²) >= 11 is 0. The van der Waals surface area contributed by atoms with Gasteiger partial charge >= 0.3 is 0 Å². The number of benzene rings is 2. The number of rotatable bonds is 9. The molecule has 0 saturated carbocycles. The smallest absolute Gasteiger partial charge is 0.218 e. The number of aliphatic hydroxyl groups excluding tert-OH is 1. The van der Waals surface area contributed by atoms with E-state index in [4.69, 9.17) is 14.3 Å². The van der Waals surface area contributed by atoms with Crippen molar-refractivity contribution in [1.82, 2.24) is 4.98 Å². The summed E-state index contributed by atoms with van der Waals surface area (Å²) in [5, 5.41) is 8.82. The van der Waals surface area contributed by atoms with E-state index >= 15 is 0 Å². The summed E-state index contributed by atoms with van der Waals surface area (Å²) in [6, 6.07) is 18.1. The molecule has 0 amide bonds. The number of oxazole rings is 1. The van der Waals surface area contributed by atoms with Crippen molar-refractivity contribution in [2.24, 2.45) is 0 Å². The molecule has 26 heavy (non-hydrogen) atoms. The zero-order valence-corrected chi connectivity index (χ0v) is 14.7. The first-order chi connectivity index (χ1) is 12.8. The van der Waals surface area contributed by atoms with Gasteiger partial charge in [-0.25, -0.2) is 4.98 Å². The fourth-order valence-electron chi connectivity index (χ4n) is 2.55. The van der Waals surface area contributed by atoms with Gasteiger partial charge in [-0.05, 0) is 48.6 Å². The van der Waals surface area contributed by atoms with Crippen molar-refractivity contribution in [2.75, 3.05) is 6.61 Å². The Balaban J connectivity index is 1.49. The second kappa shape index (κ2) is 9.59. The molecule has 0 fully saturated rings. The molecule has 3 rings (SSSR count). The largest absolute Gasteiger partial charge is 0.487 e. The fraction of sp³-hybridized carbons (Fsp3) is 0.227. The van der Waals surface area contributed by atoms with Crippen LogP contribution in [0.15, 0.2) is 65.3 Å². The van der Waals surface area contributed by atoms with Gasteiger partial charge in [-0.3, -0.25) is 0 Å². The zero-order valence-electron chi connectivity index (χ0n) is 14.7. The van der Waals surface area contributed by atoms with Crippen LogP contribution in [0.5, 0.6) is 5.75 Å². The van der Waals surface area contributed by atoms with Crippen molar-refractivity contribution in [3.63, 3.8) is 0 Å². The quantitative estimate of drug-likeness (QED) is 0.567. The molecule has 0 spiro atoms. The van der Waals surface area contributed by atoms with Crippen LogP contribution in [0.4, 0.5) is 0 Å². The standard InChI is InChI=1S/C22H23NO3/c24-15-5-4-8-19-9-12-21(13-10-19)25-16-20-17-26-22(23-20)14-11-18-6-2-1-3-7-18/h1-3,6-7,9-14,17,24H,4-5,8,15-16H2/b14-11+. The number of hydrogen-bond acceptors (Lipinski definition) is 4. The molecule has 3 aromatic rings. The molecule has 0 bridgehead atoms. The Labute approximate surface area is 153 Å². The molecule has 1 heterocycles. The van der Waals surface area contributed by atoms with Crippen molar-refractivity contribution in [3.05, 3.63) is 83.6 Å². The molecule has 2 aromatic carbocycles. The number of nitrogens with zero attached hydrogens (tertiary/aromatic N) is 1. The van der Waals surface area contributed by atoms with Crippen LogP contribution in [0.3, 0.4) is 0 Å². The second-order valence-corrected chi connectivity index (χ2v) is 6.03. The number of ether oxygens (including phenoxy) is 1. The Morgan fingerprint density at radius 1 is 0.962 bits per heavy atom. The summed E-state index contributed by atoms with van der Waals surface area (Å²) in [4.78, 5) is 4.41. The SMILES string of the molecule is OCCCCc1ccc(OCc2coc(/C=C/c3ccccc3)n2)cc1. The lowest BCUT2D eigenvalue weighted by molar-refractivity contribution is 0.284. The van der Waals surface area contributed by atoms with E-state index in [1.54, 1.807) is 6.26 Å². The van der Waals surface area contributed by atoms with Crippen molar-refractivity contribution >= 4 is 12.2 Å². The van der Waals surface area contributed by atoms with E-state index in [2.05, 4.69) is 17.1 Å². The van der Waals surface area contributed by atoms with Gasteiger partial charge in [0, 0.05) is 12.7 Å². The number of aryl methyl sites for hydroxylation is 1. The average molecular weight is 349 g/mol. The lowest BCUT2D eigenvalue weighted by atomic mass is 10.1. The van der Waals surface area contributed by atoms with Crippen LogP contribution in [0.2, 0.25) is 0 Å². The molecule has 0 aliphatic carbocycles. The Bertz CT molecular complexity index is 807. The van der Waals surface area contributed by atoms with Crippen LogP contribution >= 0.6 is 0 Å². The second-order valence-electron chi connectivity index (χ2n) is 6.03. The molecule has 0 aliphatic heterocycles. The molecule has 0 aliphatic rings. The molecule has 0 saturated heterocycles. The Morgan fingerprint density at radius 2 is 1.77 bits per heavy atom. The van der Waals surface area contributed by atoms with Gasteiger partial charge in [0.05, 0.1) is 0 Å². The predicted molar refractivity (Wildman–Crippen MR) is 103 cm³/mol.